The summed E-state index contributed by atoms with van der Waals surface area (Å²) in [4.78, 5) is 23.9. The fraction of sp³-hybridized carbons (Fsp3) is 0.467. The van der Waals surface area contributed by atoms with Crippen LogP contribution < -0.4 is 10.2 Å². The third kappa shape index (κ3) is 5.30. The second kappa shape index (κ2) is 7.53. The smallest absolute Gasteiger partial charge is 0.321 e. The first kappa shape index (κ1) is 16.0. The second-order valence-electron chi connectivity index (χ2n) is 4.99. The minimum Gasteiger partial charge on any atom is -0.481 e. The summed E-state index contributed by atoms with van der Waals surface area (Å²) in [6.45, 7) is 4.48. The molecule has 0 aliphatic rings. The van der Waals surface area contributed by atoms with Crippen molar-refractivity contribution in [2.24, 2.45) is 0 Å². The predicted molar refractivity (Wildman–Crippen MR) is 79.2 cm³/mol. The quantitative estimate of drug-likeness (QED) is 0.786. The molecule has 110 valence electrons. The molecule has 0 aliphatic heterocycles. The van der Waals surface area contributed by atoms with Gasteiger partial charge in [0.25, 0.3) is 0 Å². The van der Waals surface area contributed by atoms with Crippen molar-refractivity contribution in [2.75, 3.05) is 18.5 Å². The van der Waals surface area contributed by atoms with Crippen molar-refractivity contribution in [3.8, 4) is 0 Å². The van der Waals surface area contributed by atoms with Gasteiger partial charge in [-0.25, -0.2) is 4.79 Å². The van der Waals surface area contributed by atoms with Crippen LogP contribution in [0.4, 0.5) is 10.5 Å². The number of nitrogens with one attached hydrogen (secondary N) is 1. The first-order chi connectivity index (χ1) is 9.40. The van der Waals surface area contributed by atoms with Crippen LogP contribution >= 0.6 is 0 Å². The monoisotopic (exact) mass is 278 g/mol. The van der Waals surface area contributed by atoms with E-state index in [1.165, 1.54) is 0 Å². The molecule has 0 aromatic heterocycles. The van der Waals surface area contributed by atoms with Crippen molar-refractivity contribution in [1.82, 2.24) is 5.32 Å². The molecule has 0 saturated heterocycles. The predicted octanol–water partition coefficient (Wildman–Crippen LogP) is 2.70. The molecule has 2 amide bonds. The Bertz CT molecular complexity index is 466. The minimum atomic E-state index is -0.802. The highest BCUT2D eigenvalue weighted by molar-refractivity contribution is 5.91. The molecule has 0 unspecified atom stereocenters. The lowest BCUT2D eigenvalue weighted by Gasteiger charge is -2.19. The third-order valence-electron chi connectivity index (χ3n) is 2.99. The molecule has 0 aliphatic carbocycles. The molecule has 0 saturated carbocycles. The number of carboxylic acids is 1. The number of carboxylic acid groups (broad SMARTS) is 1. The summed E-state index contributed by atoms with van der Waals surface area (Å²) in [5, 5.41) is 11.3. The van der Waals surface area contributed by atoms with Crippen molar-refractivity contribution in [1.29, 1.82) is 0 Å². The minimum absolute atomic E-state index is 0.142. The van der Waals surface area contributed by atoms with Crippen LogP contribution in [0.1, 0.15) is 30.4 Å². The first-order valence-electron chi connectivity index (χ1n) is 6.72. The molecule has 1 aromatic rings. The van der Waals surface area contributed by atoms with E-state index < -0.39 is 5.97 Å². The highest BCUT2D eigenvalue weighted by Gasteiger charge is 2.10. The van der Waals surface area contributed by atoms with Crippen LogP contribution in [0, 0.1) is 13.8 Å². The lowest BCUT2D eigenvalue weighted by atomic mass is 10.1. The Kier molecular flexibility index (Phi) is 6.03. The molecular weight excluding hydrogens is 256 g/mol. The van der Waals surface area contributed by atoms with Crippen LogP contribution in [0.15, 0.2) is 18.2 Å². The van der Waals surface area contributed by atoms with E-state index in [2.05, 4.69) is 11.4 Å². The Morgan fingerprint density at radius 1 is 1.15 bits per heavy atom. The van der Waals surface area contributed by atoms with Crippen LogP contribution in [0.5, 0.6) is 0 Å². The van der Waals surface area contributed by atoms with Gasteiger partial charge in [0, 0.05) is 25.7 Å². The van der Waals surface area contributed by atoms with Crippen molar-refractivity contribution >= 4 is 17.7 Å². The summed E-state index contributed by atoms with van der Waals surface area (Å²) in [6, 6.07) is 5.79. The first-order valence-corrected chi connectivity index (χ1v) is 6.72. The van der Waals surface area contributed by atoms with E-state index in [-0.39, 0.29) is 12.5 Å². The van der Waals surface area contributed by atoms with Gasteiger partial charge in [0.2, 0.25) is 0 Å². The zero-order valence-corrected chi connectivity index (χ0v) is 12.3. The normalized spacial score (nSPS) is 10.2. The van der Waals surface area contributed by atoms with Gasteiger partial charge >= 0.3 is 12.0 Å². The van der Waals surface area contributed by atoms with E-state index in [0.717, 1.165) is 16.8 Å². The molecule has 0 atom stereocenters. The number of rotatable bonds is 6. The molecule has 0 spiro atoms. The molecule has 0 bridgehead atoms. The van der Waals surface area contributed by atoms with Gasteiger partial charge in [0.15, 0.2) is 0 Å². The summed E-state index contributed by atoms with van der Waals surface area (Å²) in [5.41, 5.74) is 3.08. The Balaban J connectivity index is 2.44. The number of nitrogens with zero attached hydrogens (tertiary/aromatic N) is 1. The highest BCUT2D eigenvalue weighted by Crippen LogP contribution is 2.17. The molecule has 20 heavy (non-hydrogen) atoms. The number of unbranched alkanes of at least 4 members (excludes halogenated alkanes) is 1. The van der Waals surface area contributed by atoms with Gasteiger partial charge in [-0.2, -0.15) is 0 Å². The lowest BCUT2D eigenvalue weighted by Crippen LogP contribution is -2.37. The van der Waals surface area contributed by atoms with Gasteiger partial charge in [0.05, 0.1) is 0 Å². The molecule has 2 N–H and O–H groups in total. The number of hydrogen-bond acceptors (Lipinski definition) is 2. The number of aliphatic carboxylic acids is 1. The molecule has 0 heterocycles. The topological polar surface area (TPSA) is 69.6 Å². The molecule has 5 nitrogen and oxygen atoms in total. The number of carbonyl (C=O) groups is 2. The van der Waals surface area contributed by atoms with Gasteiger partial charge in [-0.3, -0.25) is 9.69 Å². The summed E-state index contributed by atoms with van der Waals surface area (Å²) in [6.07, 6.45) is 1.38. The van der Waals surface area contributed by atoms with Gasteiger partial charge in [-0.15, -0.1) is 0 Å². The number of urea groups is 1. The molecule has 1 aromatic carbocycles. The summed E-state index contributed by atoms with van der Waals surface area (Å²) in [7, 11) is 1.72. The SMILES string of the molecule is Cc1cc(C)cc(N(C)C(=O)NCCCCC(=O)O)c1. The number of amides is 2. The van der Waals surface area contributed by atoms with Gasteiger partial charge in [-0.05, 0) is 49.9 Å². The van der Waals surface area contributed by atoms with E-state index in [1.807, 2.05) is 26.0 Å². The third-order valence-corrected chi connectivity index (χ3v) is 2.99. The Morgan fingerprint density at radius 3 is 2.30 bits per heavy atom. The zero-order chi connectivity index (χ0) is 15.1. The average molecular weight is 278 g/mol. The van der Waals surface area contributed by atoms with E-state index in [0.29, 0.717) is 19.4 Å². The molecule has 5 heteroatoms. The number of carbonyl (C=O) groups excluding carboxylic acids is 1. The van der Waals surface area contributed by atoms with Crippen LogP contribution in [0.3, 0.4) is 0 Å². The summed E-state index contributed by atoms with van der Waals surface area (Å²) in [5.74, 6) is -0.802. The van der Waals surface area contributed by atoms with Gasteiger partial charge in [0.1, 0.15) is 0 Å². The van der Waals surface area contributed by atoms with Gasteiger partial charge in [-0.1, -0.05) is 6.07 Å². The largest absolute Gasteiger partial charge is 0.481 e. The molecular formula is C15H22N2O3. The summed E-state index contributed by atoms with van der Waals surface area (Å²) < 4.78 is 0. The summed E-state index contributed by atoms with van der Waals surface area (Å²) >= 11 is 0. The molecule has 0 fully saturated rings. The van der Waals surface area contributed by atoms with Crippen LogP contribution in [0.25, 0.3) is 0 Å². The Labute approximate surface area is 119 Å². The highest BCUT2D eigenvalue weighted by atomic mass is 16.4. The van der Waals surface area contributed by atoms with Crippen LogP contribution in [-0.2, 0) is 4.79 Å². The fourth-order valence-electron chi connectivity index (χ4n) is 1.98. The van der Waals surface area contributed by atoms with Crippen LogP contribution in [-0.4, -0.2) is 30.7 Å². The number of benzene rings is 1. The standard InChI is InChI=1S/C15H22N2O3/c1-11-8-12(2)10-13(9-11)17(3)15(20)16-7-5-4-6-14(18)19/h8-10H,4-7H2,1-3H3,(H,16,20)(H,18,19). The van der Waals surface area contributed by atoms with E-state index in [9.17, 15) is 9.59 Å². The van der Waals surface area contributed by atoms with Crippen molar-refractivity contribution in [3.05, 3.63) is 29.3 Å². The maximum absolute atomic E-state index is 12.0. The molecule has 1 rings (SSSR count). The van der Waals surface area contributed by atoms with Crippen molar-refractivity contribution in [3.63, 3.8) is 0 Å². The van der Waals surface area contributed by atoms with E-state index in [1.54, 1.807) is 11.9 Å². The van der Waals surface area contributed by atoms with Crippen molar-refractivity contribution < 1.29 is 14.7 Å². The van der Waals surface area contributed by atoms with Crippen molar-refractivity contribution in [2.45, 2.75) is 33.1 Å². The number of hydrogen-bond donors (Lipinski definition) is 2. The van der Waals surface area contributed by atoms with Gasteiger partial charge < -0.3 is 10.4 Å². The lowest BCUT2D eigenvalue weighted by molar-refractivity contribution is -0.137. The molecule has 0 radical (unpaired) electrons. The average Bonchev–Trinajstić information content (AvgIpc) is 2.35. The van der Waals surface area contributed by atoms with E-state index >= 15 is 0 Å². The maximum atomic E-state index is 12.0. The zero-order valence-electron chi connectivity index (χ0n) is 12.3. The maximum Gasteiger partial charge on any atom is 0.321 e. The van der Waals surface area contributed by atoms with E-state index in [4.69, 9.17) is 5.11 Å². The Morgan fingerprint density at radius 2 is 1.75 bits per heavy atom. The fourth-order valence-corrected chi connectivity index (χ4v) is 1.98. The second-order valence-corrected chi connectivity index (χ2v) is 4.99. The number of aryl methyl sites for hydroxylation is 2. The Hall–Kier alpha value is -2.04. The van der Waals surface area contributed by atoms with Crippen LogP contribution in [0.2, 0.25) is 0 Å². The number of anilines is 1.